The van der Waals surface area contributed by atoms with Crippen LogP contribution in [0.5, 0.6) is 0 Å². The van der Waals surface area contributed by atoms with Crippen LogP contribution in [0.3, 0.4) is 0 Å². The molecule has 0 spiro atoms. The van der Waals surface area contributed by atoms with E-state index in [4.69, 9.17) is 0 Å². The summed E-state index contributed by atoms with van der Waals surface area (Å²) in [6.45, 7) is 4.69. The molecule has 0 unspecified atom stereocenters. The third-order valence-electron chi connectivity index (χ3n) is 10.5. The first kappa shape index (κ1) is 30.7. The largest absolute Gasteiger partial charge is 0.355 e. The van der Waals surface area contributed by atoms with Crippen molar-refractivity contribution in [2.45, 2.75) is 19.3 Å². The molecule has 0 amide bonds. The number of benzene rings is 8. The molecule has 51 heavy (non-hydrogen) atoms. The van der Waals surface area contributed by atoms with Gasteiger partial charge in [0.25, 0.3) is 0 Å². The summed E-state index contributed by atoms with van der Waals surface area (Å²) in [4.78, 5) is 0. The second kappa shape index (κ2) is 12.5. The average molecular weight is 655 g/mol. The second-order valence-electron chi connectivity index (χ2n) is 13.9. The van der Waals surface area contributed by atoms with Crippen molar-refractivity contribution in [2.75, 3.05) is 10.6 Å². The lowest BCUT2D eigenvalue weighted by Gasteiger charge is -2.22. The fourth-order valence-corrected chi connectivity index (χ4v) is 7.88. The molecule has 0 radical (unpaired) electrons. The number of anilines is 4. The van der Waals surface area contributed by atoms with Crippen LogP contribution < -0.4 is 10.6 Å². The van der Waals surface area contributed by atoms with E-state index in [1.807, 2.05) is 0 Å². The molecule has 0 saturated carbocycles. The second-order valence-corrected chi connectivity index (χ2v) is 13.9. The van der Waals surface area contributed by atoms with Crippen molar-refractivity contribution in [3.8, 4) is 44.5 Å². The molecule has 2 nitrogen and oxygen atoms in total. The molecule has 244 valence electrons. The molecule has 0 bridgehead atoms. The van der Waals surface area contributed by atoms with Crippen LogP contribution in [-0.4, -0.2) is 0 Å². The first-order valence-electron chi connectivity index (χ1n) is 17.7. The highest BCUT2D eigenvalue weighted by molar-refractivity contribution is 5.99. The minimum absolute atomic E-state index is 0.0793. The molecule has 8 aromatic rings. The summed E-state index contributed by atoms with van der Waals surface area (Å²) in [5, 5.41) is 9.99. The van der Waals surface area contributed by atoms with Crippen molar-refractivity contribution in [1.82, 2.24) is 0 Å². The molecule has 0 atom stereocenters. The lowest BCUT2D eigenvalue weighted by atomic mass is 9.82. The van der Waals surface area contributed by atoms with Crippen molar-refractivity contribution in [2.24, 2.45) is 0 Å². The summed E-state index contributed by atoms with van der Waals surface area (Å²) in [6, 6.07) is 65.5. The minimum atomic E-state index is -0.0793. The number of nitrogens with one attached hydrogen (secondary N) is 2. The van der Waals surface area contributed by atoms with Gasteiger partial charge in [-0.3, -0.25) is 0 Å². The van der Waals surface area contributed by atoms with Gasteiger partial charge >= 0.3 is 0 Å². The standard InChI is InChI=1S/C49H38N2/c1-49(2)43-24-12-11-22-40(43)48-39(23-14-25-44(48)49)42-32-36(28-30-47(42)50-37-19-7-4-8-20-37)35-27-29-46(41(31-35)34-15-5-3-6-16-34)51-45-26-13-18-33-17-9-10-21-38(33)45/h3-32,50-51H,1-2H3. The number of rotatable bonds is 7. The highest BCUT2D eigenvalue weighted by Crippen LogP contribution is 2.53. The Morgan fingerprint density at radius 2 is 0.961 bits per heavy atom. The SMILES string of the molecule is CC1(C)c2ccccc2-c2c(-c3cc(-c4ccc(Nc5cccc6ccccc56)c(-c5ccccc5)c4)ccc3Nc3ccccc3)cccc21. The predicted octanol–water partition coefficient (Wildman–Crippen LogP) is 13.6. The van der Waals surface area contributed by atoms with E-state index >= 15 is 0 Å². The van der Waals surface area contributed by atoms with Gasteiger partial charge in [0.2, 0.25) is 0 Å². The average Bonchev–Trinajstić information content (AvgIpc) is 3.42. The van der Waals surface area contributed by atoms with Crippen molar-refractivity contribution >= 4 is 33.5 Å². The van der Waals surface area contributed by atoms with Crippen LogP contribution >= 0.6 is 0 Å². The Hall–Kier alpha value is -6.38. The van der Waals surface area contributed by atoms with E-state index in [1.54, 1.807) is 0 Å². The minimum Gasteiger partial charge on any atom is -0.355 e. The van der Waals surface area contributed by atoms with Crippen LogP contribution in [0.1, 0.15) is 25.0 Å². The molecule has 8 aromatic carbocycles. The number of fused-ring (bicyclic) bond motifs is 4. The molecule has 0 aromatic heterocycles. The molecule has 1 aliphatic rings. The molecular formula is C49H38N2. The van der Waals surface area contributed by atoms with E-state index in [9.17, 15) is 0 Å². The first-order valence-corrected chi connectivity index (χ1v) is 17.7. The van der Waals surface area contributed by atoms with Crippen molar-refractivity contribution < 1.29 is 0 Å². The Bertz CT molecular complexity index is 2540. The van der Waals surface area contributed by atoms with Gasteiger partial charge in [0.15, 0.2) is 0 Å². The Kier molecular flexibility index (Phi) is 7.51. The zero-order valence-electron chi connectivity index (χ0n) is 28.8. The Morgan fingerprint density at radius 3 is 1.76 bits per heavy atom. The third kappa shape index (κ3) is 5.46. The lowest BCUT2D eigenvalue weighted by molar-refractivity contribution is 0.660. The van der Waals surface area contributed by atoms with Crippen LogP contribution in [0.25, 0.3) is 55.3 Å². The number of para-hydroxylation sites is 1. The van der Waals surface area contributed by atoms with Crippen molar-refractivity contribution in [1.29, 1.82) is 0 Å². The smallest absolute Gasteiger partial charge is 0.0464 e. The molecule has 2 N–H and O–H groups in total. The quantitative estimate of drug-likeness (QED) is 0.179. The van der Waals surface area contributed by atoms with Gasteiger partial charge in [-0.05, 0) is 92.4 Å². The van der Waals surface area contributed by atoms with Gasteiger partial charge in [-0.1, -0.05) is 153 Å². The summed E-state index contributed by atoms with van der Waals surface area (Å²) in [7, 11) is 0. The topological polar surface area (TPSA) is 24.1 Å². The van der Waals surface area contributed by atoms with Crippen molar-refractivity contribution in [3.63, 3.8) is 0 Å². The van der Waals surface area contributed by atoms with Gasteiger partial charge in [0, 0.05) is 44.7 Å². The van der Waals surface area contributed by atoms with Gasteiger partial charge in [-0.15, -0.1) is 0 Å². The summed E-state index contributed by atoms with van der Waals surface area (Å²) in [5.74, 6) is 0. The molecule has 9 rings (SSSR count). The fourth-order valence-electron chi connectivity index (χ4n) is 7.88. The molecular weight excluding hydrogens is 617 g/mol. The highest BCUT2D eigenvalue weighted by atomic mass is 14.9. The van der Waals surface area contributed by atoms with E-state index in [2.05, 4.69) is 206 Å². The van der Waals surface area contributed by atoms with E-state index in [0.29, 0.717) is 0 Å². The molecule has 0 saturated heterocycles. The number of hydrogen-bond acceptors (Lipinski definition) is 2. The number of hydrogen-bond donors (Lipinski definition) is 2. The molecule has 0 aliphatic heterocycles. The molecule has 2 heteroatoms. The van der Waals surface area contributed by atoms with Crippen LogP contribution in [0.2, 0.25) is 0 Å². The van der Waals surface area contributed by atoms with E-state index in [-0.39, 0.29) is 5.41 Å². The van der Waals surface area contributed by atoms with Crippen molar-refractivity contribution in [3.05, 3.63) is 193 Å². The Morgan fingerprint density at radius 1 is 0.373 bits per heavy atom. The van der Waals surface area contributed by atoms with Crippen LogP contribution in [0.4, 0.5) is 22.7 Å². The maximum absolute atomic E-state index is 3.80. The monoisotopic (exact) mass is 654 g/mol. The summed E-state index contributed by atoms with van der Waals surface area (Å²) in [5.41, 5.74) is 16.7. The zero-order chi connectivity index (χ0) is 34.4. The molecule has 0 fully saturated rings. The summed E-state index contributed by atoms with van der Waals surface area (Å²) in [6.07, 6.45) is 0. The Labute approximate surface area is 300 Å². The molecule has 0 heterocycles. The zero-order valence-corrected chi connectivity index (χ0v) is 28.8. The maximum atomic E-state index is 3.80. The van der Waals surface area contributed by atoms with Crippen LogP contribution in [0.15, 0.2) is 182 Å². The highest BCUT2D eigenvalue weighted by Gasteiger charge is 2.36. The van der Waals surface area contributed by atoms with Gasteiger partial charge in [0.05, 0.1) is 0 Å². The fraction of sp³-hybridized carbons (Fsp3) is 0.0612. The summed E-state index contributed by atoms with van der Waals surface area (Å²) < 4.78 is 0. The first-order chi connectivity index (χ1) is 25.0. The van der Waals surface area contributed by atoms with Gasteiger partial charge in [0.1, 0.15) is 0 Å². The molecule has 1 aliphatic carbocycles. The van der Waals surface area contributed by atoms with Gasteiger partial charge in [-0.2, -0.15) is 0 Å². The van der Waals surface area contributed by atoms with E-state index in [1.165, 1.54) is 55.3 Å². The predicted molar refractivity (Wildman–Crippen MR) is 217 cm³/mol. The third-order valence-corrected chi connectivity index (χ3v) is 10.5. The normalized spacial score (nSPS) is 12.7. The Balaban J connectivity index is 1.21. The summed E-state index contributed by atoms with van der Waals surface area (Å²) >= 11 is 0. The van der Waals surface area contributed by atoms with Gasteiger partial charge < -0.3 is 10.6 Å². The van der Waals surface area contributed by atoms with Crippen LogP contribution in [-0.2, 0) is 5.41 Å². The van der Waals surface area contributed by atoms with E-state index < -0.39 is 0 Å². The van der Waals surface area contributed by atoms with Crippen LogP contribution in [0, 0.1) is 0 Å². The lowest BCUT2D eigenvalue weighted by Crippen LogP contribution is -2.14. The van der Waals surface area contributed by atoms with E-state index in [0.717, 1.165) is 33.9 Å². The maximum Gasteiger partial charge on any atom is 0.0464 e. The van der Waals surface area contributed by atoms with Gasteiger partial charge in [-0.25, -0.2) is 0 Å².